The van der Waals surface area contributed by atoms with Crippen LogP contribution in [0, 0.1) is 28.6 Å². The molecule has 2 fully saturated rings. The molecule has 0 unspecified atom stereocenters. The Labute approximate surface area is 175 Å². The van der Waals surface area contributed by atoms with E-state index in [1.807, 2.05) is 0 Å². The third-order valence-electron chi connectivity index (χ3n) is 7.62. The second-order valence-corrected chi connectivity index (χ2v) is 9.99. The van der Waals surface area contributed by atoms with Gasteiger partial charge >= 0.3 is 0 Å². The Hall–Kier alpha value is -0.550. The highest BCUT2D eigenvalue weighted by Gasteiger charge is 2.36. The maximum atomic E-state index is 9.86. The van der Waals surface area contributed by atoms with Crippen LogP contribution >= 0.6 is 0 Å². The summed E-state index contributed by atoms with van der Waals surface area (Å²) in [6.45, 7) is 5.26. The molecule has 2 aliphatic carbocycles. The molecule has 0 radical (unpaired) electrons. The summed E-state index contributed by atoms with van der Waals surface area (Å²) in [5.41, 5.74) is -0.184. The van der Waals surface area contributed by atoms with Crippen molar-refractivity contribution in [3.05, 3.63) is 0 Å². The number of hydrogen-bond donors (Lipinski definition) is 0. The standard InChI is InChI=1S/C26H47NO/c1-3-5-7-9-11-23-13-15-25(16-14-23)28-22-26(21-27)19-17-24(18-20-26)12-10-8-6-4-2/h23-25H,3-20,22H2,1-2H3/t23-,24-,25-,26+. The van der Waals surface area contributed by atoms with Crippen LogP contribution in [0.25, 0.3) is 0 Å². The van der Waals surface area contributed by atoms with Gasteiger partial charge in [0.05, 0.1) is 24.2 Å². The van der Waals surface area contributed by atoms with Crippen molar-refractivity contribution < 1.29 is 4.74 Å². The normalized spacial score (nSPS) is 30.8. The van der Waals surface area contributed by atoms with Gasteiger partial charge in [-0.15, -0.1) is 0 Å². The monoisotopic (exact) mass is 389 g/mol. The Bertz CT molecular complexity index is 424. The third-order valence-corrected chi connectivity index (χ3v) is 7.62. The number of rotatable bonds is 13. The third kappa shape index (κ3) is 8.44. The summed E-state index contributed by atoms with van der Waals surface area (Å²) in [5.74, 6) is 1.80. The van der Waals surface area contributed by atoms with Gasteiger partial charge in [-0.1, -0.05) is 78.1 Å². The minimum absolute atomic E-state index is 0.184. The molecule has 2 rings (SSSR count). The molecule has 2 aliphatic rings. The van der Waals surface area contributed by atoms with Gasteiger partial charge < -0.3 is 4.74 Å². The minimum Gasteiger partial charge on any atom is -0.377 e. The minimum atomic E-state index is -0.184. The lowest BCUT2D eigenvalue weighted by molar-refractivity contribution is -0.0300. The molecule has 0 aromatic rings. The molecule has 28 heavy (non-hydrogen) atoms. The molecule has 2 saturated carbocycles. The van der Waals surface area contributed by atoms with Crippen molar-refractivity contribution in [1.82, 2.24) is 0 Å². The quantitative estimate of drug-likeness (QED) is 0.297. The molecule has 0 spiro atoms. The largest absolute Gasteiger partial charge is 0.377 e. The SMILES string of the molecule is CCCCCC[C@H]1CC[C@H](OC[C@]2(C#N)CC[C@H](CCCCCC)CC2)CC1. The first kappa shape index (κ1) is 23.7. The molecule has 0 amide bonds. The molecule has 0 saturated heterocycles. The fourth-order valence-corrected chi connectivity index (χ4v) is 5.39. The van der Waals surface area contributed by atoms with Gasteiger partial charge in [-0.3, -0.25) is 0 Å². The second-order valence-electron chi connectivity index (χ2n) is 9.99. The zero-order chi connectivity index (χ0) is 20.1. The fourth-order valence-electron chi connectivity index (χ4n) is 5.39. The first-order chi connectivity index (χ1) is 13.7. The Morgan fingerprint density at radius 1 is 0.750 bits per heavy atom. The molecule has 0 bridgehead atoms. The smallest absolute Gasteiger partial charge is 0.0807 e. The summed E-state index contributed by atoms with van der Waals surface area (Å²) < 4.78 is 6.33. The van der Waals surface area contributed by atoms with E-state index in [-0.39, 0.29) is 5.41 Å². The van der Waals surface area contributed by atoms with Crippen molar-refractivity contribution >= 4 is 0 Å². The van der Waals surface area contributed by atoms with E-state index in [1.54, 1.807) is 0 Å². The maximum absolute atomic E-state index is 9.86. The van der Waals surface area contributed by atoms with Crippen LogP contribution in [0.5, 0.6) is 0 Å². The zero-order valence-electron chi connectivity index (χ0n) is 19.0. The van der Waals surface area contributed by atoms with Crippen LogP contribution in [-0.2, 0) is 4.74 Å². The fraction of sp³-hybridized carbons (Fsp3) is 0.962. The molecular weight excluding hydrogens is 342 g/mol. The van der Waals surface area contributed by atoms with Crippen molar-refractivity contribution in [2.45, 2.75) is 136 Å². The summed E-state index contributed by atoms with van der Waals surface area (Å²) in [7, 11) is 0. The lowest BCUT2D eigenvalue weighted by Gasteiger charge is -2.37. The molecule has 162 valence electrons. The maximum Gasteiger partial charge on any atom is 0.0807 e. The number of hydrogen-bond acceptors (Lipinski definition) is 2. The van der Waals surface area contributed by atoms with Crippen LogP contribution in [0.15, 0.2) is 0 Å². The van der Waals surface area contributed by atoms with Crippen LogP contribution in [0.2, 0.25) is 0 Å². The highest BCUT2D eigenvalue weighted by Crippen LogP contribution is 2.41. The lowest BCUT2D eigenvalue weighted by Crippen LogP contribution is -2.34. The van der Waals surface area contributed by atoms with E-state index in [0.29, 0.717) is 12.7 Å². The number of nitrogens with zero attached hydrogens (tertiary/aromatic N) is 1. The van der Waals surface area contributed by atoms with Gasteiger partial charge in [0.15, 0.2) is 0 Å². The highest BCUT2D eigenvalue weighted by molar-refractivity contribution is 5.02. The molecule has 0 atom stereocenters. The Kier molecular flexibility index (Phi) is 11.6. The van der Waals surface area contributed by atoms with Crippen LogP contribution < -0.4 is 0 Å². The predicted octanol–water partition coefficient (Wildman–Crippen LogP) is 8.20. The molecule has 2 heteroatoms. The van der Waals surface area contributed by atoms with Crippen LogP contribution in [0.3, 0.4) is 0 Å². The Balaban J connectivity index is 1.60. The molecule has 0 aromatic carbocycles. The first-order valence-electron chi connectivity index (χ1n) is 12.7. The molecule has 0 aromatic heterocycles. The average molecular weight is 390 g/mol. The Morgan fingerprint density at radius 3 is 1.79 bits per heavy atom. The van der Waals surface area contributed by atoms with Gasteiger partial charge in [0.2, 0.25) is 0 Å². The summed E-state index contributed by atoms with van der Waals surface area (Å²) >= 11 is 0. The summed E-state index contributed by atoms with van der Waals surface area (Å²) in [5, 5.41) is 9.86. The molecule has 0 aliphatic heterocycles. The van der Waals surface area contributed by atoms with Gasteiger partial charge in [-0.2, -0.15) is 5.26 Å². The van der Waals surface area contributed by atoms with Crippen LogP contribution in [0.1, 0.15) is 129 Å². The zero-order valence-corrected chi connectivity index (χ0v) is 19.0. The van der Waals surface area contributed by atoms with E-state index in [4.69, 9.17) is 4.74 Å². The van der Waals surface area contributed by atoms with Crippen molar-refractivity contribution in [1.29, 1.82) is 5.26 Å². The van der Waals surface area contributed by atoms with Crippen molar-refractivity contribution in [3.8, 4) is 6.07 Å². The van der Waals surface area contributed by atoms with Crippen molar-refractivity contribution in [3.63, 3.8) is 0 Å². The number of ether oxygens (including phenoxy) is 1. The second kappa shape index (κ2) is 13.6. The van der Waals surface area contributed by atoms with Gasteiger partial charge in [0.25, 0.3) is 0 Å². The van der Waals surface area contributed by atoms with E-state index in [0.717, 1.165) is 24.7 Å². The topological polar surface area (TPSA) is 33.0 Å². The Morgan fingerprint density at radius 2 is 1.29 bits per heavy atom. The summed E-state index contributed by atoms with van der Waals surface area (Å²) in [6.07, 6.45) is 24.0. The van der Waals surface area contributed by atoms with E-state index in [9.17, 15) is 5.26 Å². The molecule has 0 N–H and O–H groups in total. The molecule has 0 heterocycles. The van der Waals surface area contributed by atoms with E-state index in [2.05, 4.69) is 19.9 Å². The predicted molar refractivity (Wildman–Crippen MR) is 119 cm³/mol. The molecular formula is C26H47NO. The highest BCUT2D eigenvalue weighted by atomic mass is 16.5. The van der Waals surface area contributed by atoms with E-state index < -0.39 is 0 Å². The summed E-state index contributed by atoms with van der Waals surface area (Å²) in [6, 6.07) is 2.68. The van der Waals surface area contributed by atoms with Crippen LogP contribution in [0.4, 0.5) is 0 Å². The lowest BCUT2D eigenvalue weighted by atomic mass is 9.70. The first-order valence-corrected chi connectivity index (χ1v) is 12.7. The van der Waals surface area contributed by atoms with E-state index in [1.165, 1.54) is 103 Å². The van der Waals surface area contributed by atoms with Crippen molar-refractivity contribution in [2.75, 3.05) is 6.61 Å². The van der Waals surface area contributed by atoms with Gasteiger partial charge in [-0.05, 0) is 63.2 Å². The van der Waals surface area contributed by atoms with Gasteiger partial charge in [0.1, 0.15) is 0 Å². The van der Waals surface area contributed by atoms with Crippen molar-refractivity contribution in [2.24, 2.45) is 17.3 Å². The number of unbranched alkanes of at least 4 members (excludes halogenated alkanes) is 6. The summed E-state index contributed by atoms with van der Waals surface area (Å²) in [4.78, 5) is 0. The number of nitriles is 1. The van der Waals surface area contributed by atoms with Gasteiger partial charge in [0, 0.05) is 0 Å². The van der Waals surface area contributed by atoms with Gasteiger partial charge in [-0.25, -0.2) is 0 Å². The van der Waals surface area contributed by atoms with Crippen LogP contribution in [-0.4, -0.2) is 12.7 Å². The molecule has 2 nitrogen and oxygen atoms in total. The average Bonchev–Trinajstić information content (AvgIpc) is 2.75. The van der Waals surface area contributed by atoms with E-state index >= 15 is 0 Å².